The minimum absolute atomic E-state index is 0.00396. The molecule has 0 heterocycles. The van der Waals surface area contributed by atoms with E-state index in [1.54, 1.807) is 4.90 Å². The highest BCUT2D eigenvalue weighted by Gasteiger charge is 2.12. The van der Waals surface area contributed by atoms with Crippen LogP contribution in [0.4, 0.5) is 4.79 Å². The molecule has 1 aromatic carbocycles. The quantitative estimate of drug-likeness (QED) is 0.840. The second kappa shape index (κ2) is 7.90. The van der Waals surface area contributed by atoms with Crippen LogP contribution in [0.3, 0.4) is 0 Å². The molecule has 0 aliphatic rings. The third-order valence-electron chi connectivity index (χ3n) is 3.41. The van der Waals surface area contributed by atoms with E-state index in [0.717, 1.165) is 6.42 Å². The largest absolute Gasteiger partial charge is 0.395 e. The van der Waals surface area contributed by atoms with Crippen molar-refractivity contribution in [3.8, 4) is 0 Å². The molecule has 0 fully saturated rings. The molecule has 4 heteroatoms. The Morgan fingerprint density at radius 2 is 1.80 bits per heavy atom. The number of aryl methyl sites for hydroxylation is 3. The zero-order chi connectivity index (χ0) is 15.1. The summed E-state index contributed by atoms with van der Waals surface area (Å²) in [6.45, 7) is 9.80. The Balaban J connectivity index is 2.68. The molecule has 0 saturated heterocycles. The number of hydrogen-bond acceptors (Lipinski definition) is 2. The summed E-state index contributed by atoms with van der Waals surface area (Å²) in [7, 11) is 0. The average molecular weight is 278 g/mol. The topological polar surface area (TPSA) is 52.6 Å². The molecule has 4 nitrogen and oxygen atoms in total. The first-order chi connectivity index (χ1) is 9.49. The Morgan fingerprint density at radius 3 is 2.30 bits per heavy atom. The Morgan fingerprint density at radius 1 is 1.20 bits per heavy atom. The lowest BCUT2D eigenvalue weighted by molar-refractivity contribution is 0.177. The van der Waals surface area contributed by atoms with Crippen LogP contribution in [0.1, 0.15) is 35.6 Å². The van der Waals surface area contributed by atoms with E-state index < -0.39 is 0 Å². The maximum Gasteiger partial charge on any atom is 0.317 e. The van der Waals surface area contributed by atoms with Crippen molar-refractivity contribution in [2.45, 2.75) is 40.7 Å². The number of aliphatic hydroxyl groups is 1. The Labute approximate surface area is 121 Å². The predicted molar refractivity (Wildman–Crippen MR) is 81.8 cm³/mol. The van der Waals surface area contributed by atoms with Crippen LogP contribution in [0.15, 0.2) is 12.1 Å². The fraction of sp³-hybridized carbons (Fsp3) is 0.562. The number of amides is 2. The van der Waals surface area contributed by atoms with Crippen LogP contribution in [-0.2, 0) is 6.54 Å². The van der Waals surface area contributed by atoms with Gasteiger partial charge in [0.05, 0.1) is 6.61 Å². The van der Waals surface area contributed by atoms with E-state index in [0.29, 0.717) is 19.6 Å². The van der Waals surface area contributed by atoms with Crippen molar-refractivity contribution in [2.24, 2.45) is 0 Å². The van der Waals surface area contributed by atoms with Crippen LogP contribution in [-0.4, -0.2) is 35.7 Å². The van der Waals surface area contributed by atoms with Gasteiger partial charge in [-0.15, -0.1) is 0 Å². The van der Waals surface area contributed by atoms with Gasteiger partial charge in [-0.2, -0.15) is 0 Å². The molecule has 0 radical (unpaired) electrons. The third-order valence-corrected chi connectivity index (χ3v) is 3.41. The van der Waals surface area contributed by atoms with E-state index in [-0.39, 0.29) is 12.6 Å². The van der Waals surface area contributed by atoms with Gasteiger partial charge < -0.3 is 15.3 Å². The number of benzene rings is 1. The smallest absolute Gasteiger partial charge is 0.317 e. The lowest BCUT2D eigenvalue weighted by Gasteiger charge is -2.22. The Kier molecular flexibility index (Phi) is 6.52. The first-order valence-electron chi connectivity index (χ1n) is 7.20. The van der Waals surface area contributed by atoms with Gasteiger partial charge in [-0.25, -0.2) is 4.79 Å². The number of nitrogens with one attached hydrogen (secondary N) is 1. The number of carbonyl (C=O) groups is 1. The Hall–Kier alpha value is -1.55. The van der Waals surface area contributed by atoms with E-state index in [1.807, 2.05) is 6.92 Å². The van der Waals surface area contributed by atoms with Crippen LogP contribution in [0.2, 0.25) is 0 Å². The normalized spacial score (nSPS) is 10.4. The highest BCUT2D eigenvalue weighted by atomic mass is 16.3. The second-order valence-electron chi connectivity index (χ2n) is 5.25. The van der Waals surface area contributed by atoms with Crippen LogP contribution < -0.4 is 5.32 Å². The predicted octanol–water partition coefficient (Wildman–Crippen LogP) is 2.53. The first kappa shape index (κ1) is 16.5. The van der Waals surface area contributed by atoms with Gasteiger partial charge in [0.15, 0.2) is 0 Å². The molecule has 0 aliphatic heterocycles. The number of rotatable bonds is 6. The maximum atomic E-state index is 12.1. The van der Waals surface area contributed by atoms with Crippen molar-refractivity contribution in [1.82, 2.24) is 10.2 Å². The second-order valence-corrected chi connectivity index (χ2v) is 5.25. The molecule has 0 spiro atoms. The number of hydrogen-bond donors (Lipinski definition) is 2. The summed E-state index contributed by atoms with van der Waals surface area (Å²) in [6.07, 6.45) is 0.885. The molecule has 1 rings (SSSR count). The van der Waals surface area contributed by atoms with Crippen molar-refractivity contribution in [3.63, 3.8) is 0 Å². The van der Waals surface area contributed by atoms with Crippen molar-refractivity contribution in [2.75, 3.05) is 19.7 Å². The molecule has 0 unspecified atom stereocenters. The van der Waals surface area contributed by atoms with E-state index in [9.17, 15) is 4.79 Å². The number of nitrogens with zero attached hydrogens (tertiary/aromatic N) is 1. The van der Waals surface area contributed by atoms with Gasteiger partial charge in [-0.3, -0.25) is 0 Å². The summed E-state index contributed by atoms with van der Waals surface area (Å²) in [6, 6.07) is 4.15. The molecule has 0 saturated carbocycles. The van der Waals surface area contributed by atoms with Crippen LogP contribution in [0, 0.1) is 20.8 Å². The number of aliphatic hydroxyl groups excluding tert-OH is 1. The molecular formula is C16H26N2O2. The van der Waals surface area contributed by atoms with Crippen LogP contribution >= 0.6 is 0 Å². The molecule has 2 amide bonds. The highest BCUT2D eigenvalue weighted by Crippen LogP contribution is 2.16. The fourth-order valence-corrected chi connectivity index (χ4v) is 2.47. The van der Waals surface area contributed by atoms with Crippen LogP contribution in [0.5, 0.6) is 0 Å². The zero-order valence-electron chi connectivity index (χ0n) is 13.0. The molecule has 0 bridgehead atoms. The lowest BCUT2D eigenvalue weighted by Crippen LogP contribution is -2.41. The zero-order valence-corrected chi connectivity index (χ0v) is 13.0. The summed E-state index contributed by atoms with van der Waals surface area (Å²) in [4.78, 5) is 13.7. The summed E-state index contributed by atoms with van der Waals surface area (Å²) in [5.74, 6) is 0. The van der Waals surface area contributed by atoms with E-state index in [2.05, 4.69) is 38.2 Å². The van der Waals surface area contributed by atoms with Crippen molar-refractivity contribution in [3.05, 3.63) is 34.4 Å². The standard InChI is InChI=1S/C16H26N2O2/c1-5-6-18(7-8-19)16(20)17-11-15-13(3)9-12(2)10-14(15)4/h9-10,19H,5-8,11H2,1-4H3,(H,17,20). The first-order valence-corrected chi connectivity index (χ1v) is 7.20. The number of urea groups is 1. The Bertz CT molecular complexity index is 429. The van der Waals surface area contributed by atoms with Crippen LogP contribution in [0.25, 0.3) is 0 Å². The van der Waals surface area contributed by atoms with E-state index in [1.165, 1.54) is 22.3 Å². The highest BCUT2D eigenvalue weighted by molar-refractivity contribution is 5.74. The minimum Gasteiger partial charge on any atom is -0.395 e. The molecule has 0 atom stereocenters. The molecule has 1 aromatic rings. The fourth-order valence-electron chi connectivity index (χ4n) is 2.47. The molecule has 112 valence electrons. The summed E-state index contributed by atoms with van der Waals surface area (Å²) in [5.41, 5.74) is 4.81. The SMILES string of the molecule is CCCN(CCO)C(=O)NCc1c(C)cc(C)cc1C. The maximum absolute atomic E-state index is 12.1. The van der Waals surface area contributed by atoms with Crippen molar-refractivity contribution >= 4 is 6.03 Å². The third kappa shape index (κ3) is 4.53. The van der Waals surface area contributed by atoms with Gasteiger partial charge >= 0.3 is 6.03 Å². The molecule has 2 N–H and O–H groups in total. The molecule has 20 heavy (non-hydrogen) atoms. The average Bonchev–Trinajstić information content (AvgIpc) is 2.37. The van der Waals surface area contributed by atoms with Gasteiger partial charge in [0.25, 0.3) is 0 Å². The van der Waals surface area contributed by atoms with Crippen molar-refractivity contribution in [1.29, 1.82) is 0 Å². The lowest BCUT2D eigenvalue weighted by atomic mass is 10.00. The van der Waals surface area contributed by atoms with E-state index >= 15 is 0 Å². The minimum atomic E-state index is -0.111. The molecule has 0 aliphatic carbocycles. The molecule has 0 aromatic heterocycles. The molecular weight excluding hydrogens is 252 g/mol. The summed E-state index contributed by atoms with van der Waals surface area (Å²) < 4.78 is 0. The van der Waals surface area contributed by atoms with Gasteiger partial charge in [0, 0.05) is 19.6 Å². The van der Waals surface area contributed by atoms with Gasteiger partial charge in [0.2, 0.25) is 0 Å². The van der Waals surface area contributed by atoms with Gasteiger partial charge in [-0.05, 0) is 43.9 Å². The van der Waals surface area contributed by atoms with Gasteiger partial charge in [0.1, 0.15) is 0 Å². The number of carbonyl (C=O) groups excluding carboxylic acids is 1. The van der Waals surface area contributed by atoms with Crippen molar-refractivity contribution < 1.29 is 9.90 Å². The van der Waals surface area contributed by atoms with Gasteiger partial charge in [-0.1, -0.05) is 24.6 Å². The summed E-state index contributed by atoms with van der Waals surface area (Å²) in [5, 5.41) is 11.9. The monoisotopic (exact) mass is 278 g/mol. The summed E-state index contributed by atoms with van der Waals surface area (Å²) >= 11 is 0. The van der Waals surface area contributed by atoms with E-state index in [4.69, 9.17) is 5.11 Å².